The van der Waals surface area contributed by atoms with E-state index in [2.05, 4.69) is 15.0 Å². The molecule has 0 bridgehead atoms. The highest BCUT2D eigenvalue weighted by atomic mass is 35.5. The second-order valence-electron chi connectivity index (χ2n) is 10.2. The molecule has 11 heteroatoms. The van der Waals surface area contributed by atoms with E-state index >= 15 is 0 Å². The van der Waals surface area contributed by atoms with E-state index in [-0.39, 0.29) is 18.7 Å². The summed E-state index contributed by atoms with van der Waals surface area (Å²) in [5, 5.41) is 10.0. The number of amides is 1. The minimum absolute atomic E-state index is 0.0565. The van der Waals surface area contributed by atoms with Crippen LogP contribution in [0.15, 0.2) is 42.9 Å². The van der Waals surface area contributed by atoms with Gasteiger partial charge in [0.2, 0.25) is 5.88 Å². The number of imidazole rings is 1. The summed E-state index contributed by atoms with van der Waals surface area (Å²) in [6, 6.07) is 8.81. The minimum atomic E-state index is -1.46. The van der Waals surface area contributed by atoms with Crippen molar-refractivity contribution in [1.29, 1.82) is 0 Å². The standard InChI is InChI=1S/C27H26ClFN6O3/c1-15-5-8-30-17(9-15)11-35-23(33-22-24(35)31-14-32-25(22)38-27(2)6-7-27)18-4-3-16(10-19(18)28)26(37)34-12-20(29)21(36)13-34/h3-5,8-10,14,20-21,36H,6-7,11-13H2,1-2H3/t20-,21-/m1/s1. The lowest BCUT2D eigenvalue weighted by molar-refractivity contribution is 0.0764. The number of halogens is 2. The summed E-state index contributed by atoms with van der Waals surface area (Å²) in [6.45, 7) is 4.20. The quantitative estimate of drug-likeness (QED) is 0.397. The molecule has 1 N–H and O–H groups in total. The summed E-state index contributed by atoms with van der Waals surface area (Å²) in [5.41, 5.74) is 3.61. The number of benzene rings is 1. The Hall–Kier alpha value is -3.63. The van der Waals surface area contributed by atoms with Crippen molar-refractivity contribution >= 4 is 28.7 Å². The van der Waals surface area contributed by atoms with Crippen molar-refractivity contribution < 1.29 is 19.0 Å². The number of carbonyl (C=O) groups is 1. The predicted molar refractivity (Wildman–Crippen MR) is 139 cm³/mol. The number of hydrogen-bond acceptors (Lipinski definition) is 7. The monoisotopic (exact) mass is 536 g/mol. The smallest absolute Gasteiger partial charge is 0.254 e. The van der Waals surface area contributed by atoms with Crippen molar-refractivity contribution in [2.24, 2.45) is 0 Å². The Morgan fingerprint density at radius 2 is 2.03 bits per heavy atom. The fourth-order valence-corrected chi connectivity index (χ4v) is 4.89. The third-order valence-electron chi connectivity index (χ3n) is 7.05. The van der Waals surface area contributed by atoms with Gasteiger partial charge in [0, 0.05) is 23.9 Å². The van der Waals surface area contributed by atoms with E-state index < -0.39 is 18.2 Å². The molecule has 1 saturated heterocycles. The average Bonchev–Trinajstić information content (AvgIpc) is 3.35. The maximum Gasteiger partial charge on any atom is 0.254 e. The largest absolute Gasteiger partial charge is 0.470 e. The fraction of sp³-hybridized carbons (Fsp3) is 0.370. The third-order valence-corrected chi connectivity index (χ3v) is 7.36. The first-order chi connectivity index (χ1) is 18.2. The molecule has 0 spiro atoms. The van der Waals surface area contributed by atoms with E-state index in [1.54, 1.807) is 24.4 Å². The Bertz CT molecular complexity index is 1550. The molecule has 1 aromatic carbocycles. The second kappa shape index (κ2) is 9.28. The number of hydrogen-bond donors (Lipinski definition) is 1. The number of β-amino-alcohol motifs (C(OH)–C–C–N with tert-alkyl or cyclic N) is 1. The lowest BCUT2D eigenvalue weighted by Crippen LogP contribution is -2.29. The zero-order valence-electron chi connectivity index (χ0n) is 20.9. The molecule has 4 aromatic rings. The van der Waals surface area contributed by atoms with Gasteiger partial charge in [0.05, 0.1) is 23.8 Å². The lowest BCUT2D eigenvalue weighted by atomic mass is 10.1. The topological polar surface area (TPSA) is 106 Å². The molecule has 2 fully saturated rings. The maximum atomic E-state index is 13.8. The maximum absolute atomic E-state index is 13.8. The molecule has 196 valence electrons. The molecule has 0 unspecified atom stereocenters. The Morgan fingerprint density at radius 3 is 2.71 bits per heavy atom. The highest BCUT2D eigenvalue weighted by molar-refractivity contribution is 6.33. The van der Waals surface area contributed by atoms with E-state index in [1.165, 1.54) is 11.2 Å². The van der Waals surface area contributed by atoms with E-state index in [4.69, 9.17) is 21.3 Å². The van der Waals surface area contributed by atoms with E-state index in [9.17, 15) is 14.3 Å². The first kappa shape index (κ1) is 24.7. The Labute approximate surface area is 223 Å². The van der Waals surface area contributed by atoms with Crippen LogP contribution in [0.3, 0.4) is 0 Å². The zero-order chi connectivity index (χ0) is 26.6. The van der Waals surface area contributed by atoms with Crippen LogP contribution in [0.2, 0.25) is 5.02 Å². The summed E-state index contributed by atoms with van der Waals surface area (Å²) in [4.78, 5) is 32.5. The Kier molecular flexibility index (Phi) is 6.03. The first-order valence-corrected chi connectivity index (χ1v) is 12.8. The molecule has 9 nitrogen and oxygen atoms in total. The van der Waals surface area contributed by atoms with Gasteiger partial charge in [0.15, 0.2) is 11.2 Å². The molecule has 4 heterocycles. The fourth-order valence-electron chi connectivity index (χ4n) is 4.63. The van der Waals surface area contributed by atoms with Crippen molar-refractivity contribution in [3.63, 3.8) is 0 Å². The first-order valence-electron chi connectivity index (χ1n) is 12.4. The molecule has 0 radical (unpaired) electrons. The third kappa shape index (κ3) is 4.58. The molecule has 6 rings (SSSR count). The Morgan fingerprint density at radius 1 is 1.21 bits per heavy atom. The summed E-state index contributed by atoms with van der Waals surface area (Å²) >= 11 is 6.73. The second-order valence-corrected chi connectivity index (χ2v) is 10.6. The van der Waals surface area contributed by atoms with Crippen LogP contribution in [0.5, 0.6) is 5.88 Å². The molecule has 3 aromatic heterocycles. The van der Waals surface area contributed by atoms with Gasteiger partial charge < -0.3 is 19.3 Å². The van der Waals surface area contributed by atoms with Crippen LogP contribution in [-0.4, -0.2) is 71.4 Å². The highest BCUT2D eigenvalue weighted by Crippen LogP contribution is 2.41. The number of fused-ring (bicyclic) bond motifs is 1. The van der Waals surface area contributed by atoms with E-state index in [1.807, 2.05) is 30.5 Å². The molecule has 1 saturated carbocycles. The van der Waals surface area contributed by atoms with Gasteiger partial charge in [-0.25, -0.2) is 14.4 Å². The van der Waals surface area contributed by atoms with Crippen LogP contribution in [-0.2, 0) is 6.54 Å². The Balaban J connectivity index is 1.42. The van der Waals surface area contributed by atoms with Gasteiger partial charge in [-0.2, -0.15) is 4.98 Å². The molecular weight excluding hydrogens is 511 g/mol. The van der Waals surface area contributed by atoms with E-state index in [0.717, 1.165) is 24.1 Å². The van der Waals surface area contributed by atoms with E-state index in [0.29, 0.717) is 45.6 Å². The number of aryl methyl sites for hydroxylation is 1. The number of aliphatic hydroxyl groups excluding tert-OH is 1. The van der Waals surface area contributed by atoms with Crippen LogP contribution in [0.25, 0.3) is 22.6 Å². The number of carbonyl (C=O) groups excluding carboxylic acids is 1. The van der Waals surface area contributed by atoms with Gasteiger partial charge in [-0.3, -0.25) is 9.78 Å². The number of ether oxygens (including phenoxy) is 1. The molecule has 2 atom stereocenters. The van der Waals surface area contributed by atoms with Gasteiger partial charge >= 0.3 is 0 Å². The van der Waals surface area contributed by atoms with Gasteiger partial charge in [0.25, 0.3) is 5.91 Å². The summed E-state index contributed by atoms with van der Waals surface area (Å²) in [6.07, 6.45) is 2.46. The van der Waals surface area contributed by atoms with Gasteiger partial charge in [-0.1, -0.05) is 11.6 Å². The molecule has 1 aliphatic heterocycles. The van der Waals surface area contributed by atoms with Crippen LogP contribution in [0, 0.1) is 6.92 Å². The SMILES string of the molecule is Cc1ccnc(Cn2c(-c3ccc(C(=O)N4C[C@@H](O)[C@H](F)C4)cc3Cl)nc3c(OC4(C)CC4)ncnc32)c1. The average molecular weight is 537 g/mol. The van der Waals surface area contributed by atoms with Crippen molar-refractivity contribution in [2.75, 3.05) is 13.1 Å². The van der Waals surface area contributed by atoms with Crippen molar-refractivity contribution in [1.82, 2.24) is 29.4 Å². The number of rotatable bonds is 6. The van der Waals surface area contributed by atoms with Crippen molar-refractivity contribution in [3.05, 3.63) is 64.7 Å². The van der Waals surface area contributed by atoms with Gasteiger partial charge in [0.1, 0.15) is 30.0 Å². The summed E-state index contributed by atoms with van der Waals surface area (Å²) in [5.74, 6) is 0.539. The summed E-state index contributed by atoms with van der Waals surface area (Å²) < 4.78 is 21.9. The van der Waals surface area contributed by atoms with Crippen LogP contribution >= 0.6 is 11.6 Å². The van der Waals surface area contributed by atoms with Crippen molar-refractivity contribution in [3.8, 4) is 17.3 Å². The number of pyridine rings is 1. The summed E-state index contributed by atoms with van der Waals surface area (Å²) in [7, 11) is 0. The number of likely N-dealkylation sites (tertiary alicyclic amines) is 1. The number of nitrogens with zero attached hydrogens (tertiary/aromatic N) is 6. The molecule has 1 aliphatic carbocycles. The normalized spacial score (nSPS) is 20.2. The number of aromatic nitrogens is 5. The van der Waals surface area contributed by atoms with Gasteiger partial charge in [-0.05, 0) is 62.6 Å². The molecular formula is C27H26ClFN6O3. The lowest BCUT2D eigenvalue weighted by Gasteiger charge is -2.16. The zero-order valence-corrected chi connectivity index (χ0v) is 21.7. The molecule has 1 amide bonds. The number of aliphatic hydroxyl groups is 1. The molecule has 38 heavy (non-hydrogen) atoms. The van der Waals surface area contributed by atoms with Crippen LogP contribution in [0.4, 0.5) is 4.39 Å². The molecule has 2 aliphatic rings. The minimum Gasteiger partial charge on any atom is -0.470 e. The van der Waals surface area contributed by atoms with Crippen molar-refractivity contribution in [2.45, 2.75) is 51.1 Å². The predicted octanol–water partition coefficient (Wildman–Crippen LogP) is 3.98. The van der Waals surface area contributed by atoms with Crippen LogP contribution in [0.1, 0.15) is 41.4 Å². The number of alkyl halides is 1. The van der Waals surface area contributed by atoms with Gasteiger partial charge in [-0.15, -0.1) is 0 Å². The highest BCUT2D eigenvalue weighted by Gasteiger charge is 2.41. The van der Waals surface area contributed by atoms with Crippen LogP contribution < -0.4 is 4.74 Å².